The van der Waals surface area contributed by atoms with Crippen LogP contribution in [0.15, 0.2) is 54.7 Å². The van der Waals surface area contributed by atoms with Crippen LogP contribution in [0, 0.1) is 12.3 Å². The van der Waals surface area contributed by atoms with Gasteiger partial charge in [-0.3, -0.25) is 5.32 Å². The smallest absolute Gasteiger partial charge is 0.0653 e. The topological polar surface area (TPSA) is 24.1 Å². The van der Waals surface area contributed by atoms with Gasteiger partial charge in [-0.05, 0) is 49.3 Å². The Labute approximate surface area is 201 Å². The van der Waals surface area contributed by atoms with E-state index >= 15 is 0 Å². The highest BCUT2D eigenvalue weighted by Crippen LogP contribution is 2.44. The van der Waals surface area contributed by atoms with Crippen molar-refractivity contribution in [3.8, 4) is 0 Å². The molecule has 0 saturated heterocycles. The van der Waals surface area contributed by atoms with Gasteiger partial charge < -0.3 is 5.32 Å². The van der Waals surface area contributed by atoms with Gasteiger partial charge in [0, 0.05) is 23.0 Å². The van der Waals surface area contributed by atoms with E-state index in [-0.39, 0.29) is 5.41 Å². The summed E-state index contributed by atoms with van der Waals surface area (Å²) in [6.07, 6.45) is 13.6. The van der Waals surface area contributed by atoms with Crippen molar-refractivity contribution in [3.05, 3.63) is 65.8 Å². The van der Waals surface area contributed by atoms with Gasteiger partial charge in [0.1, 0.15) is 0 Å². The summed E-state index contributed by atoms with van der Waals surface area (Å²) < 4.78 is 0. The van der Waals surface area contributed by atoms with Crippen LogP contribution < -0.4 is 10.6 Å². The maximum Gasteiger partial charge on any atom is 0.0653 e. The van der Waals surface area contributed by atoms with Gasteiger partial charge >= 0.3 is 0 Å². The fourth-order valence-corrected chi connectivity index (χ4v) is 4.15. The second-order valence-corrected chi connectivity index (χ2v) is 9.20. The zero-order valence-corrected chi connectivity index (χ0v) is 22.7. The molecule has 1 fully saturated rings. The van der Waals surface area contributed by atoms with Crippen molar-refractivity contribution in [2.24, 2.45) is 5.41 Å². The van der Waals surface area contributed by atoms with E-state index in [4.69, 9.17) is 0 Å². The van der Waals surface area contributed by atoms with E-state index in [1.54, 1.807) is 0 Å². The minimum Gasteiger partial charge on any atom is -0.372 e. The van der Waals surface area contributed by atoms with Crippen LogP contribution in [0.4, 0.5) is 5.69 Å². The summed E-state index contributed by atoms with van der Waals surface area (Å²) >= 11 is 3.15. The first-order chi connectivity index (χ1) is 15.0. The van der Waals surface area contributed by atoms with Crippen LogP contribution in [0.1, 0.15) is 84.3 Å². The Bertz CT molecular complexity index is 668. The predicted octanol–water partition coefficient (Wildman–Crippen LogP) is 8.75. The number of nitrogens with one attached hydrogen (secondary N) is 2. The molecule has 3 heteroatoms. The van der Waals surface area contributed by atoms with E-state index in [1.807, 2.05) is 20.8 Å². The van der Waals surface area contributed by atoms with Gasteiger partial charge in [0.05, 0.1) is 6.67 Å². The highest BCUT2D eigenvalue weighted by molar-refractivity contribution is 9.09. The maximum atomic E-state index is 4.08. The van der Waals surface area contributed by atoms with Crippen LogP contribution >= 0.6 is 15.9 Å². The molecule has 2 rings (SSSR count). The van der Waals surface area contributed by atoms with Crippen molar-refractivity contribution >= 4 is 21.6 Å². The number of para-hydroxylation sites is 1. The molecule has 1 aliphatic rings. The van der Waals surface area contributed by atoms with Crippen LogP contribution in [0.2, 0.25) is 0 Å². The van der Waals surface area contributed by atoms with Crippen LogP contribution in [-0.2, 0) is 0 Å². The molecule has 0 unspecified atom stereocenters. The molecule has 0 aromatic heterocycles. The van der Waals surface area contributed by atoms with E-state index in [1.165, 1.54) is 48.1 Å². The quantitative estimate of drug-likeness (QED) is 0.156. The summed E-state index contributed by atoms with van der Waals surface area (Å²) in [4.78, 5) is 0. The molecule has 0 atom stereocenters. The van der Waals surface area contributed by atoms with Gasteiger partial charge in [0.15, 0.2) is 0 Å². The zero-order valence-electron chi connectivity index (χ0n) is 21.2. The molecule has 1 saturated carbocycles. The molecule has 0 amide bonds. The number of alkyl halides is 1. The number of halogens is 1. The molecule has 0 heterocycles. The highest BCUT2D eigenvalue weighted by Gasteiger charge is 2.35. The normalized spacial score (nSPS) is 15.2. The van der Waals surface area contributed by atoms with E-state index in [0.717, 1.165) is 18.5 Å². The summed E-state index contributed by atoms with van der Waals surface area (Å²) in [5.41, 5.74) is 5.59. The van der Waals surface area contributed by atoms with Gasteiger partial charge in [-0.2, -0.15) is 0 Å². The van der Waals surface area contributed by atoms with Crippen molar-refractivity contribution in [3.63, 3.8) is 0 Å². The number of rotatable bonds is 9. The van der Waals surface area contributed by atoms with Crippen molar-refractivity contribution in [1.29, 1.82) is 0 Å². The van der Waals surface area contributed by atoms with Gasteiger partial charge in [-0.15, -0.1) is 0 Å². The Morgan fingerprint density at radius 3 is 2.35 bits per heavy atom. The van der Waals surface area contributed by atoms with Crippen molar-refractivity contribution in [1.82, 2.24) is 5.32 Å². The molecule has 176 valence electrons. The van der Waals surface area contributed by atoms with E-state index in [9.17, 15) is 0 Å². The molecular weight excluding hydrogens is 444 g/mol. The Morgan fingerprint density at radius 1 is 1.23 bits per heavy atom. The SMILES string of the molecule is C=C/C(=C\C=C/C)C1(CNCNc2c(C)cccc2C(C)C)CCCC1.CC.CCBr. The lowest BCUT2D eigenvalue weighted by molar-refractivity contribution is 0.355. The molecule has 31 heavy (non-hydrogen) atoms. The Hall–Kier alpha value is -1.32. The first kappa shape index (κ1) is 29.7. The fourth-order valence-electron chi connectivity index (χ4n) is 4.15. The summed E-state index contributed by atoms with van der Waals surface area (Å²) in [6.45, 7) is 20.7. The standard InChI is InChI=1S/C24H36N2.C2H5Br.C2H6/c1-6-8-13-21(7-2)24(15-9-10-16-24)17-25-18-26-23-20(5)12-11-14-22(23)19(3)4;1-2-3;1-2/h6-8,11-14,19,25-26H,2,9-10,15-18H2,1,3-5H3;2H2,1H3;1-2H3/b8-6-,21-13+;;. The molecule has 2 nitrogen and oxygen atoms in total. The van der Waals surface area contributed by atoms with Crippen LogP contribution in [0.3, 0.4) is 0 Å². The van der Waals surface area contributed by atoms with Gasteiger partial charge in [0.2, 0.25) is 0 Å². The molecule has 1 aliphatic carbocycles. The van der Waals surface area contributed by atoms with Crippen LogP contribution in [-0.4, -0.2) is 18.5 Å². The number of anilines is 1. The fraction of sp³-hybridized carbons (Fsp3) is 0.571. The van der Waals surface area contributed by atoms with Gasteiger partial charge in [0.25, 0.3) is 0 Å². The third-order valence-electron chi connectivity index (χ3n) is 5.64. The lowest BCUT2D eigenvalue weighted by Crippen LogP contribution is -2.36. The summed E-state index contributed by atoms with van der Waals surface area (Å²) in [5, 5.41) is 8.37. The average Bonchev–Trinajstić information content (AvgIpc) is 3.24. The molecule has 0 bridgehead atoms. The summed E-state index contributed by atoms with van der Waals surface area (Å²) in [6, 6.07) is 6.57. The van der Waals surface area contributed by atoms with Crippen molar-refractivity contribution in [2.75, 3.05) is 23.9 Å². The second-order valence-electron chi connectivity index (χ2n) is 8.08. The number of benzene rings is 1. The summed E-state index contributed by atoms with van der Waals surface area (Å²) in [7, 11) is 0. The lowest BCUT2D eigenvalue weighted by Gasteiger charge is -2.31. The van der Waals surface area contributed by atoms with Crippen molar-refractivity contribution in [2.45, 2.75) is 80.1 Å². The minimum atomic E-state index is 0.232. The highest BCUT2D eigenvalue weighted by atomic mass is 79.9. The second kappa shape index (κ2) is 17.3. The first-order valence-electron chi connectivity index (χ1n) is 12.0. The molecule has 0 spiro atoms. The maximum absolute atomic E-state index is 4.08. The largest absolute Gasteiger partial charge is 0.372 e. The Morgan fingerprint density at radius 2 is 1.84 bits per heavy atom. The van der Waals surface area contributed by atoms with Crippen LogP contribution in [0.25, 0.3) is 0 Å². The van der Waals surface area contributed by atoms with Crippen molar-refractivity contribution < 1.29 is 0 Å². The third-order valence-corrected chi connectivity index (χ3v) is 5.64. The Kier molecular flexibility index (Phi) is 16.5. The number of hydrogen-bond donors (Lipinski definition) is 2. The zero-order chi connectivity index (χ0) is 23.7. The molecule has 0 radical (unpaired) electrons. The average molecular weight is 492 g/mol. The van der Waals surface area contributed by atoms with E-state index in [0.29, 0.717) is 5.92 Å². The van der Waals surface area contributed by atoms with Crippen LogP contribution in [0.5, 0.6) is 0 Å². The molecule has 2 N–H and O–H groups in total. The van der Waals surface area contributed by atoms with Gasteiger partial charge in [-0.1, -0.05) is 112 Å². The summed E-state index contributed by atoms with van der Waals surface area (Å²) in [5.74, 6) is 0.523. The number of allylic oxidation sites excluding steroid dienone is 4. The lowest BCUT2D eigenvalue weighted by atomic mass is 9.78. The van der Waals surface area contributed by atoms with Gasteiger partial charge in [-0.25, -0.2) is 0 Å². The molecular formula is C28H47BrN2. The monoisotopic (exact) mass is 490 g/mol. The van der Waals surface area contributed by atoms with E-state index in [2.05, 4.69) is 103 Å². The number of aryl methyl sites for hydroxylation is 1. The number of hydrogen-bond acceptors (Lipinski definition) is 2. The minimum absolute atomic E-state index is 0.232. The van der Waals surface area contributed by atoms with E-state index < -0.39 is 0 Å². The Balaban J connectivity index is 0.00000165. The third kappa shape index (κ3) is 9.78. The predicted molar refractivity (Wildman–Crippen MR) is 147 cm³/mol. The molecule has 1 aromatic carbocycles. The first-order valence-corrected chi connectivity index (χ1v) is 13.1. The molecule has 0 aliphatic heterocycles. The molecule has 1 aromatic rings.